The van der Waals surface area contributed by atoms with Crippen LogP contribution in [-0.4, -0.2) is 49.1 Å². The number of nitrogens with one attached hydrogen (secondary N) is 1. The van der Waals surface area contributed by atoms with E-state index in [0.29, 0.717) is 6.54 Å². The molecule has 1 atom stereocenters. The first-order chi connectivity index (χ1) is 6.56. The summed E-state index contributed by atoms with van der Waals surface area (Å²) in [6.07, 6.45) is 0. The Morgan fingerprint density at radius 2 is 2.29 bits per heavy atom. The number of carbonyl (C=O) groups is 2. The van der Waals surface area contributed by atoms with E-state index in [9.17, 15) is 9.59 Å². The van der Waals surface area contributed by atoms with Crippen LogP contribution in [0.3, 0.4) is 0 Å². The summed E-state index contributed by atoms with van der Waals surface area (Å²) in [5.74, 6) is -0.289. The molecular formula is C9H16N2O3. The van der Waals surface area contributed by atoms with Crippen molar-refractivity contribution in [1.82, 2.24) is 10.2 Å². The van der Waals surface area contributed by atoms with E-state index >= 15 is 0 Å². The Morgan fingerprint density at radius 1 is 1.64 bits per heavy atom. The van der Waals surface area contributed by atoms with Crippen molar-refractivity contribution < 1.29 is 14.3 Å². The van der Waals surface area contributed by atoms with Crippen LogP contribution in [0.25, 0.3) is 0 Å². The van der Waals surface area contributed by atoms with E-state index in [1.165, 1.54) is 7.11 Å². The molecule has 0 saturated carbocycles. The summed E-state index contributed by atoms with van der Waals surface area (Å²) in [5.41, 5.74) is 0. The molecule has 5 heteroatoms. The number of nitrogens with zero attached hydrogens (tertiary/aromatic N) is 1. The van der Waals surface area contributed by atoms with Crippen LogP contribution in [0.5, 0.6) is 0 Å². The van der Waals surface area contributed by atoms with Crippen molar-refractivity contribution in [1.29, 1.82) is 0 Å². The van der Waals surface area contributed by atoms with Crippen molar-refractivity contribution in [2.75, 3.05) is 20.2 Å². The quantitative estimate of drug-likeness (QED) is 0.603. The molecule has 1 aliphatic rings. The van der Waals surface area contributed by atoms with Gasteiger partial charge in [-0.25, -0.2) is 0 Å². The van der Waals surface area contributed by atoms with E-state index < -0.39 is 0 Å². The lowest BCUT2D eigenvalue weighted by atomic mass is 10.1. The second kappa shape index (κ2) is 4.41. The fourth-order valence-corrected chi connectivity index (χ4v) is 1.47. The van der Waals surface area contributed by atoms with Gasteiger partial charge >= 0.3 is 5.97 Å². The number of methoxy groups -OCH3 is 1. The standard InChI is InChI=1S/C9H16N2O3/c1-6(2)11-5-7(9(13)14-3)10-4-8(11)12/h6-7,10H,4-5H2,1-3H3. The number of carbonyl (C=O) groups excluding carboxylic acids is 2. The molecule has 0 aromatic heterocycles. The number of rotatable bonds is 2. The zero-order chi connectivity index (χ0) is 10.7. The summed E-state index contributed by atoms with van der Waals surface area (Å²) in [7, 11) is 1.35. The van der Waals surface area contributed by atoms with Gasteiger partial charge in [-0.1, -0.05) is 0 Å². The van der Waals surface area contributed by atoms with Gasteiger partial charge in [0.1, 0.15) is 6.04 Å². The van der Waals surface area contributed by atoms with Gasteiger partial charge in [-0.2, -0.15) is 0 Å². The molecule has 0 aromatic rings. The second-order valence-corrected chi connectivity index (χ2v) is 3.60. The van der Waals surface area contributed by atoms with E-state index in [-0.39, 0.29) is 30.5 Å². The molecule has 1 N–H and O–H groups in total. The Bertz CT molecular complexity index is 240. The zero-order valence-corrected chi connectivity index (χ0v) is 8.74. The molecule has 1 amide bonds. The van der Waals surface area contributed by atoms with Crippen LogP contribution in [0, 0.1) is 0 Å². The van der Waals surface area contributed by atoms with Crippen molar-refractivity contribution in [3.8, 4) is 0 Å². The van der Waals surface area contributed by atoms with Gasteiger partial charge in [-0.05, 0) is 13.8 Å². The summed E-state index contributed by atoms with van der Waals surface area (Å²) in [4.78, 5) is 24.3. The minimum Gasteiger partial charge on any atom is -0.468 e. The molecule has 80 valence electrons. The monoisotopic (exact) mass is 200 g/mol. The molecule has 0 aliphatic carbocycles. The zero-order valence-electron chi connectivity index (χ0n) is 8.74. The van der Waals surface area contributed by atoms with Crippen LogP contribution in [-0.2, 0) is 14.3 Å². The van der Waals surface area contributed by atoms with Crippen molar-refractivity contribution in [2.45, 2.75) is 25.9 Å². The normalized spacial score (nSPS) is 22.7. The molecule has 14 heavy (non-hydrogen) atoms. The number of hydrogen-bond donors (Lipinski definition) is 1. The first-order valence-electron chi connectivity index (χ1n) is 4.67. The van der Waals surface area contributed by atoms with E-state index in [1.807, 2.05) is 13.8 Å². The van der Waals surface area contributed by atoms with Crippen molar-refractivity contribution in [3.05, 3.63) is 0 Å². The van der Waals surface area contributed by atoms with Crippen molar-refractivity contribution in [3.63, 3.8) is 0 Å². The average Bonchev–Trinajstić information content (AvgIpc) is 2.17. The van der Waals surface area contributed by atoms with E-state index in [4.69, 9.17) is 0 Å². The molecule has 1 rings (SSSR count). The SMILES string of the molecule is COC(=O)C1CN(C(C)C)C(=O)CN1. The lowest BCUT2D eigenvalue weighted by molar-refractivity contribution is -0.147. The van der Waals surface area contributed by atoms with E-state index in [0.717, 1.165) is 0 Å². The smallest absolute Gasteiger partial charge is 0.324 e. The number of hydrogen-bond acceptors (Lipinski definition) is 4. The second-order valence-electron chi connectivity index (χ2n) is 3.60. The summed E-state index contributed by atoms with van der Waals surface area (Å²) >= 11 is 0. The lowest BCUT2D eigenvalue weighted by Crippen LogP contribution is -2.58. The highest BCUT2D eigenvalue weighted by molar-refractivity contribution is 5.84. The Labute approximate surface area is 83.4 Å². The summed E-state index contributed by atoms with van der Waals surface area (Å²) < 4.78 is 4.61. The molecule has 1 fully saturated rings. The molecule has 1 aliphatic heterocycles. The average molecular weight is 200 g/mol. The van der Waals surface area contributed by atoms with Crippen molar-refractivity contribution in [2.24, 2.45) is 0 Å². The molecule has 0 aromatic carbocycles. The fraction of sp³-hybridized carbons (Fsp3) is 0.778. The van der Waals surface area contributed by atoms with Gasteiger partial charge < -0.3 is 9.64 Å². The maximum Gasteiger partial charge on any atom is 0.324 e. The van der Waals surface area contributed by atoms with Gasteiger partial charge in [-0.15, -0.1) is 0 Å². The van der Waals surface area contributed by atoms with Gasteiger partial charge in [0.05, 0.1) is 13.7 Å². The Balaban J connectivity index is 2.62. The number of esters is 1. The molecule has 5 nitrogen and oxygen atoms in total. The van der Waals surface area contributed by atoms with Crippen LogP contribution in [0.4, 0.5) is 0 Å². The molecule has 0 radical (unpaired) electrons. The van der Waals surface area contributed by atoms with E-state index in [1.54, 1.807) is 4.90 Å². The maximum absolute atomic E-state index is 11.4. The molecule has 1 saturated heterocycles. The highest BCUT2D eigenvalue weighted by Gasteiger charge is 2.31. The molecule has 1 heterocycles. The molecule has 0 bridgehead atoms. The van der Waals surface area contributed by atoms with Crippen LogP contribution < -0.4 is 5.32 Å². The minimum atomic E-state index is -0.389. The summed E-state index contributed by atoms with van der Waals surface area (Å²) in [6.45, 7) is 4.45. The maximum atomic E-state index is 11.4. The predicted octanol–water partition coefficient (Wildman–Crippen LogP) is -0.632. The molecule has 0 spiro atoms. The van der Waals surface area contributed by atoms with Gasteiger partial charge in [0, 0.05) is 12.6 Å². The lowest BCUT2D eigenvalue weighted by Gasteiger charge is -2.34. The van der Waals surface area contributed by atoms with Gasteiger partial charge in [-0.3, -0.25) is 14.9 Å². The Hall–Kier alpha value is -1.10. The third kappa shape index (κ3) is 2.23. The largest absolute Gasteiger partial charge is 0.468 e. The van der Waals surface area contributed by atoms with Gasteiger partial charge in [0.2, 0.25) is 5.91 Å². The minimum absolute atomic E-state index is 0.0279. The van der Waals surface area contributed by atoms with Crippen molar-refractivity contribution >= 4 is 11.9 Å². The third-order valence-electron chi connectivity index (χ3n) is 2.31. The summed E-state index contributed by atoms with van der Waals surface area (Å²) in [5, 5.41) is 2.84. The van der Waals surface area contributed by atoms with Gasteiger partial charge in [0.15, 0.2) is 0 Å². The van der Waals surface area contributed by atoms with Crippen LogP contribution in [0.15, 0.2) is 0 Å². The highest BCUT2D eigenvalue weighted by Crippen LogP contribution is 2.06. The first-order valence-corrected chi connectivity index (χ1v) is 4.67. The van der Waals surface area contributed by atoms with Crippen LogP contribution >= 0.6 is 0 Å². The predicted molar refractivity (Wildman–Crippen MR) is 50.7 cm³/mol. The number of piperazine rings is 1. The van der Waals surface area contributed by atoms with Gasteiger partial charge in [0.25, 0.3) is 0 Å². The summed E-state index contributed by atoms with van der Waals surface area (Å²) in [6, 6.07) is -0.267. The Kier molecular flexibility index (Phi) is 3.46. The highest BCUT2D eigenvalue weighted by atomic mass is 16.5. The topological polar surface area (TPSA) is 58.6 Å². The third-order valence-corrected chi connectivity index (χ3v) is 2.31. The molecule has 1 unspecified atom stereocenters. The number of ether oxygens (including phenoxy) is 1. The Morgan fingerprint density at radius 3 is 2.79 bits per heavy atom. The number of amides is 1. The van der Waals surface area contributed by atoms with Crippen LogP contribution in [0.2, 0.25) is 0 Å². The van der Waals surface area contributed by atoms with E-state index in [2.05, 4.69) is 10.1 Å². The fourth-order valence-electron chi connectivity index (χ4n) is 1.47. The molecular weight excluding hydrogens is 184 g/mol. The first kappa shape index (κ1) is 11.0. The van der Waals surface area contributed by atoms with Crippen LogP contribution in [0.1, 0.15) is 13.8 Å².